The number of pyridine rings is 1. The Balaban J connectivity index is 1.68. The Bertz CT molecular complexity index is 744. The number of aryl methyl sites for hydroxylation is 1. The third kappa shape index (κ3) is 2.92. The van der Waals surface area contributed by atoms with E-state index >= 15 is 0 Å². The lowest BCUT2D eigenvalue weighted by molar-refractivity contribution is 0.0688. The van der Waals surface area contributed by atoms with Gasteiger partial charge < -0.3 is 9.88 Å². The molecule has 1 aliphatic heterocycles. The SMILES string of the molecule is Cc1[nH]c(=O)ccc1C(=O)N1CCC(n2cc(Cl)cn2)CC1. The Labute approximate surface area is 132 Å². The number of carbonyl (C=O) groups is 1. The number of aromatic nitrogens is 3. The number of carbonyl (C=O) groups excluding carboxylic acids is 1. The second kappa shape index (κ2) is 5.96. The van der Waals surface area contributed by atoms with Gasteiger partial charge in [-0.15, -0.1) is 0 Å². The van der Waals surface area contributed by atoms with Crippen LogP contribution in [0.4, 0.5) is 0 Å². The quantitative estimate of drug-likeness (QED) is 0.920. The van der Waals surface area contributed by atoms with Gasteiger partial charge in [0.05, 0.1) is 22.8 Å². The molecule has 0 radical (unpaired) electrons. The van der Waals surface area contributed by atoms with Crippen LogP contribution in [0, 0.1) is 6.92 Å². The second-order valence-corrected chi connectivity index (χ2v) is 5.96. The van der Waals surface area contributed by atoms with E-state index in [-0.39, 0.29) is 17.5 Å². The summed E-state index contributed by atoms with van der Waals surface area (Å²) in [5.74, 6) is -0.0364. The molecule has 0 aromatic carbocycles. The van der Waals surface area contributed by atoms with Crippen molar-refractivity contribution in [2.45, 2.75) is 25.8 Å². The molecule has 1 saturated heterocycles. The molecule has 0 atom stereocenters. The lowest BCUT2D eigenvalue weighted by Gasteiger charge is -2.32. The first-order valence-electron chi connectivity index (χ1n) is 7.23. The molecular formula is C15H17ClN4O2. The number of hydrogen-bond donors (Lipinski definition) is 1. The van der Waals surface area contributed by atoms with Gasteiger partial charge in [-0.25, -0.2) is 0 Å². The Morgan fingerprint density at radius 2 is 2.09 bits per heavy atom. The zero-order valence-corrected chi connectivity index (χ0v) is 13.0. The third-order valence-electron chi connectivity index (χ3n) is 4.04. The van der Waals surface area contributed by atoms with Crippen molar-refractivity contribution in [2.24, 2.45) is 0 Å². The van der Waals surface area contributed by atoms with E-state index in [0.29, 0.717) is 29.4 Å². The van der Waals surface area contributed by atoms with E-state index in [1.807, 2.05) is 15.8 Å². The van der Waals surface area contributed by atoms with Crippen LogP contribution in [-0.4, -0.2) is 38.7 Å². The maximum absolute atomic E-state index is 12.5. The van der Waals surface area contributed by atoms with E-state index in [9.17, 15) is 9.59 Å². The van der Waals surface area contributed by atoms with Crippen LogP contribution < -0.4 is 5.56 Å². The van der Waals surface area contributed by atoms with Gasteiger partial charge in [-0.2, -0.15) is 5.10 Å². The molecule has 0 unspecified atom stereocenters. The van der Waals surface area contributed by atoms with Crippen LogP contribution in [0.3, 0.4) is 0 Å². The standard InChI is InChI=1S/C15H17ClN4O2/c1-10-13(2-3-14(21)18-10)15(22)19-6-4-12(5-7-19)20-9-11(16)8-17-20/h2-3,8-9,12H,4-7H2,1H3,(H,18,21). The first-order valence-corrected chi connectivity index (χ1v) is 7.61. The fourth-order valence-corrected chi connectivity index (χ4v) is 2.97. The van der Waals surface area contributed by atoms with Crippen LogP contribution in [0.25, 0.3) is 0 Å². The van der Waals surface area contributed by atoms with Gasteiger partial charge in [0.2, 0.25) is 5.56 Å². The Hall–Kier alpha value is -2.08. The van der Waals surface area contributed by atoms with Gasteiger partial charge in [0.15, 0.2) is 0 Å². The molecule has 0 aliphatic carbocycles. The maximum atomic E-state index is 12.5. The largest absolute Gasteiger partial charge is 0.338 e. The van der Waals surface area contributed by atoms with E-state index in [4.69, 9.17) is 11.6 Å². The normalized spacial score (nSPS) is 16.0. The first kappa shape index (κ1) is 14.8. The number of nitrogens with zero attached hydrogens (tertiary/aromatic N) is 3. The number of aromatic amines is 1. The summed E-state index contributed by atoms with van der Waals surface area (Å²) >= 11 is 5.89. The zero-order valence-electron chi connectivity index (χ0n) is 12.3. The average molecular weight is 321 g/mol. The molecule has 0 saturated carbocycles. The molecule has 2 aromatic rings. The summed E-state index contributed by atoms with van der Waals surface area (Å²) in [6.45, 7) is 3.08. The molecule has 6 nitrogen and oxygen atoms in total. The van der Waals surface area contributed by atoms with Crippen molar-refractivity contribution in [2.75, 3.05) is 13.1 Å². The predicted molar refractivity (Wildman–Crippen MR) is 83.2 cm³/mol. The minimum atomic E-state index is -0.191. The van der Waals surface area contributed by atoms with Crippen LogP contribution in [0.2, 0.25) is 5.02 Å². The van der Waals surface area contributed by atoms with E-state index < -0.39 is 0 Å². The Morgan fingerprint density at radius 1 is 1.36 bits per heavy atom. The average Bonchev–Trinajstić information content (AvgIpc) is 2.93. The number of rotatable bonds is 2. The molecule has 3 heterocycles. The number of piperidine rings is 1. The highest BCUT2D eigenvalue weighted by molar-refractivity contribution is 6.30. The zero-order chi connectivity index (χ0) is 15.7. The van der Waals surface area contributed by atoms with Crippen molar-refractivity contribution >= 4 is 17.5 Å². The smallest absolute Gasteiger partial charge is 0.255 e. The molecule has 1 aliphatic rings. The van der Waals surface area contributed by atoms with Gasteiger partial charge in [0.1, 0.15) is 0 Å². The van der Waals surface area contributed by atoms with Gasteiger partial charge >= 0.3 is 0 Å². The lowest BCUT2D eigenvalue weighted by Crippen LogP contribution is -2.39. The minimum Gasteiger partial charge on any atom is -0.338 e. The van der Waals surface area contributed by atoms with E-state index in [1.165, 1.54) is 6.07 Å². The molecule has 7 heteroatoms. The van der Waals surface area contributed by atoms with Crippen molar-refractivity contribution in [1.82, 2.24) is 19.7 Å². The van der Waals surface area contributed by atoms with E-state index in [2.05, 4.69) is 10.1 Å². The van der Waals surface area contributed by atoms with Crippen molar-refractivity contribution in [3.05, 3.63) is 51.2 Å². The van der Waals surface area contributed by atoms with Crippen molar-refractivity contribution in [3.8, 4) is 0 Å². The van der Waals surface area contributed by atoms with Crippen LogP contribution >= 0.6 is 11.6 Å². The van der Waals surface area contributed by atoms with Crippen LogP contribution in [0.15, 0.2) is 29.3 Å². The summed E-state index contributed by atoms with van der Waals surface area (Å²) in [5, 5.41) is 4.86. The van der Waals surface area contributed by atoms with Gasteiger partial charge in [-0.3, -0.25) is 14.3 Å². The Morgan fingerprint density at radius 3 is 2.68 bits per heavy atom. The number of nitrogens with one attached hydrogen (secondary N) is 1. The second-order valence-electron chi connectivity index (χ2n) is 5.52. The van der Waals surface area contributed by atoms with Gasteiger partial charge in [0, 0.05) is 31.0 Å². The van der Waals surface area contributed by atoms with Crippen LogP contribution in [-0.2, 0) is 0 Å². The number of H-pyrrole nitrogens is 1. The van der Waals surface area contributed by atoms with Crippen molar-refractivity contribution < 1.29 is 4.79 Å². The van der Waals surface area contributed by atoms with Gasteiger partial charge in [-0.1, -0.05) is 11.6 Å². The fourth-order valence-electron chi connectivity index (χ4n) is 2.83. The molecule has 22 heavy (non-hydrogen) atoms. The van der Waals surface area contributed by atoms with E-state index in [0.717, 1.165) is 12.8 Å². The molecule has 0 bridgehead atoms. The highest BCUT2D eigenvalue weighted by Crippen LogP contribution is 2.24. The van der Waals surface area contributed by atoms with Crippen molar-refractivity contribution in [1.29, 1.82) is 0 Å². The molecule has 1 amide bonds. The van der Waals surface area contributed by atoms with Gasteiger partial charge in [0.25, 0.3) is 5.91 Å². The summed E-state index contributed by atoms with van der Waals surface area (Å²) in [7, 11) is 0. The van der Waals surface area contributed by atoms with Crippen molar-refractivity contribution in [3.63, 3.8) is 0 Å². The monoisotopic (exact) mass is 320 g/mol. The first-order chi connectivity index (χ1) is 10.5. The number of likely N-dealkylation sites (tertiary alicyclic amines) is 1. The molecule has 0 spiro atoms. The Kier molecular flexibility index (Phi) is 4.02. The van der Waals surface area contributed by atoms with Crippen LogP contribution in [0.1, 0.15) is 34.9 Å². The summed E-state index contributed by atoms with van der Waals surface area (Å²) in [4.78, 5) is 28.3. The topological polar surface area (TPSA) is 71.0 Å². The van der Waals surface area contributed by atoms with Crippen LogP contribution in [0.5, 0.6) is 0 Å². The number of halogens is 1. The molecular weight excluding hydrogens is 304 g/mol. The van der Waals surface area contributed by atoms with Gasteiger partial charge in [-0.05, 0) is 25.8 Å². The highest BCUT2D eigenvalue weighted by Gasteiger charge is 2.25. The molecule has 116 valence electrons. The molecule has 3 rings (SSSR count). The summed E-state index contributed by atoms with van der Waals surface area (Å²) in [6.07, 6.45) is 5.12. The lowest BCUT2D eigenvalue weighted by atomic mass is 10.0. The third-order valence-corrected chi connectivity index (χ3v) is 4.24. The molecule has 2 aromatic heterocycles. The number of hydrogen-bond acceptors (Lipinski definition) is 3. The summed E-state index contributed by atoms with van der Waals surface area (Å²) in [5.41, 5.74) is 0.974. The number of amides is 1. The van der Waals surface area contributed by atoms with E-state index in [1.54, 1.807) is 19.2 Å². The maximum Gasteiger partial charge on any atom is 0.255 e. The fraction of sp³-hybridized carbons (Fsp3) is 0.400. The molecule has 1 N–H and O–H groups in total. The summed E-state index contributed by atoms with van der Waals surface area (Å²) in [6, 6.07) is 3.25. The predicted octanol–water partition coefficient (Wildman–Crippen LogP) is 2.01. The highest BCUT2D eigenvalue weighted by atomic mass is 35.5. The minimum absolute atomic E-state index is 0.0364. The summed E-state index contributed by atoms with van der Waals surface area (Å²) < 4.78 is 1.87. The molecule has 1 fully saturated rings.